The summed E-state index contributed by atoms with van der Waals surface area (Å²) in [4.78, 5) is 27.6. The molecule has 1 aromatic heterocycles. The van der Waals surface area contributed by atoms with Crippen molar-refractivity contribution in [1.82, 2.24) is 14.9 Å². The van der Waals surface area contributed by atoms with Gasteiger partial charge in [0.1, 0.15) is 11.5 Å². The van der Waals surface area contributed by atoms with E-state index in [0.29, 0.717) is 37.4 Å². The van der Waals surface area contributed by atoms with E-state index in [1.54, 1.807) is 0 Å². The number of carbonyl (C=O) groups is 1. The fraction of sp³-hybridized carbons (Fsp3) is 0.393. The van der Waals surface area contributed by atoms with Gasteiger partial charge in [-0.2, -0.15) is 4.98 Å². The van der Waals surface area contributed by atoms with Gasteiger partial charge < -0.3 is 19.9 Å². The van der Waals surface area contributed by atoms with Crippen LogP contribution in [-0.2, 0) is 11.3 Å². The summed E-state index contributed by atoms with van der Waals surface area (Å²) in [5, 5.41) is 3.74. The number of aromatic nitrogens is 2. The first-order valence-electron chi connectivity index (χ1n) is 12.7. The van der Waals surface area contributed by atoms with Gasteiger partial charge >= 0.3 is 0 Å². The molecule has 180 valence electrons. The quantitative estimate of drug-likeness (QED) is 0.577. The Morgan fingerprint density at radius 1 is 0.886 bits per heavy atom. The number of benzene rings is 2. The summed E-state index contributed by atoms with van der Waals surface area (Å²) >= 11 is 0. The van der Waals surface area contributed by atoms with Crippen molar-refractivity contribution in [3.05, 3.63) is 83.0 Å². The van der Waals surface area contributed by atoms with Crippen molar-refractivity contribution in [3.8, 4) is 0 Å². The minimum Gasteiger partial charge on any atom is -0.378 e. The van der Waals surface area contributed by atoms with Crippen molar-refractivity contribution in [3.63, 3.8) is 0 Å². The van der Waals surface area contributed by atoms with Crippen LogP contribution in [0.4, 0.5) is 11.8 Å². The minimum atomic E-state index is -0.0930. The molecule has 1 saturated carbocycles. The van der Waals surface area contributed by atoms with Crippen LogP contribution in [0.5, 0.6) is 0 Å². The van der Waals surface area contributed by atoms with E-state index >= 15 is 0 Å². The second kappa shape index (κ2) is 9.66. The largest absolute Gasteiger partial charge is 0.378 e. The monoisotopic (exact) mass is 469 g/mol. The van der Waals surface area contributed by atoms with Crippen molar-refractivity contribution in [1.29, 1.82) is 0 Å². The number of morpholine rings is 1. The fourth-order valence-corrected chi connectivity index (χ4v) is 5.50. The summed E-state index contributed by atoms with van der Waals surface area (Å²) in [6.07, 6.45) is 4.52. The summed E-state index contributed by atoms with van der Waals surface area (Å²) in [6.45, 7) is 3.30. The lowest BCUT2D eigenvalue weighted by Crippen LogP contribution is -2.38. The average molecular weight is 470 g/mol. The topological polar surface area (TPSA) is 70.6 Å². The predicted octanol–water partition coefficient (Wildman–Crippen LogP) is 4.41. The molecule has 1 saturated heterocycles. The zero-order chi connectivity index (χ0) is 23.6. The third kappa shape index (κ3) is 4.36. The van der Waals surface area contributed by atoms with Gasteiger partial charge in [0.25, 0.3) is 5.91 Å². The SMILES string of the molecule is O=C1c2nc(N3CCOCC3)nc(NC(c3ccccc3)c3ccccc3)c2CN1C1CCCC1. The van der Waals surface area contributed by atoms with Crippen LogP contribution in [0.25, 0.3) is 0 Å². The van der Waals surface area contributed by atoms with Crippen LogP contribution in [0.2, 0.25) is 0 Å². The smallest absolute Gasteiger partial charge is 0.273 e. The highest BCUT2D eigenvalue weighted by Crippen LogP contribution is 2.37. The van der Waals surface area contributed by atoms with Crippen molar-refractivity contribution < 1.29 is 9.53 Å². The summed E-state index contributed by atoms with van der Waals surface area (Å²) < 4.78 is 5.54. The molecule has 7 nitrogen and oxygen atoms in total. The Morgan fingerprint density at radius 2 is 1.51 bits per heavy atom. The molecule has 3 aromatic rings. The molecule has 6 rings (SSSR count). The number of nitrogens with zero attached hydrogens (tertiary/aromatic N) is 4. The van der Waals surface area contributed by atoms with Crippen molar-refractivity contribution >= 4 is 17.7 Å². The number of nitrogens with one attached hydrogen (secondary N) is 1. The molecule has 1 aliphatic carbocycles. The minimum absolute atomic E-state index is 0.0443. The Balaban J connectivity index is 1.42. The van der Waals surface area contributed by atoms with Crippen LogP contribution in [0.15, 0.2) is 60.7 Å². The molecule has 3 heterocycles. The van der Waals surface area contributed by atoms with Gasteiger partial charge in [-0.25, -0.2) is 4.98 Å². The molecule has 0 bridgehead atoms. The summed E-state index contributed by atoms with van der Waals surface area (Å²) in [5.74, 6) is 1.40. The van der Waals surface area contributed by atoms with Crippen LogP contribution in [0.1, 0.15) is 58.9 Å². The number of hydrogen-bond acceptors (Lipinski definition) is 6. The van der Waals surface area contributed by atoms with Crippen LogP contribution in [0, 0.1) is 0 Å². The molecule has 35 heavy (non-hydrogen) atoms. The van der Waals surface area contributed by atoms with Gasteiger partial charge in [-0.15, -0.1) is 0 Å². The molecule has 0 radical (unpaired) electrons. The Labute approximate surface area is 206 Å². The van der Waals surface area contributed by atoms with Crippen LogP contribution in [0.3, 0.4) is 0 Å². The van der Waals surface area contributed by atoms with E-state index in [1.807, 2.05) is 17.0 Å². The van der Waals surface area contributed by atoms with E-state index in [1.165, 1.54) is 12.8 Å². The standard InChI is InChI=1S/C28H31N5O2/c34-27-25-23(19-33(27)22-13-7-8-14-22)26(31-28(30-25)32-15-17-35-18-16-32)29-24(20-9-3-1-4-10-20)21-11-5-2-6-12-21/h1-6,9-12,22,24H,7-8,13-19H2,(H,29,30,31). The number of anilines is 2. The molecule has 1 amide bonds. The lowest BCUT2D eigenvalue weighted by atomic mass is 9.98. The van der Waals surface area contributed by atoms with Gasteiger partial charge in [0, 0.05) is 24.7 Å². The Bertz CT molecular complexity index is 1140. The summed E-state index contributed by atoms with van der Waals surface area (Å²) in [5.41, 5.74) is 3.76. The lowest BCUT2D eigenvalue weighted by Gasteiger charge is -2.28. The molecule has 0 unspecified atom stereocenters. The molecule has 2 fully saturated rings. The van der Waals surface area contributed by atoms with Crippen LogP contribution in [-0.4, -0.2) is 53.1 Å². The maximum atomic E-state index is 13.6. The average Bonchev–Trinajstić information content (AvgIpc) is 3.57. The Kier molecular flexibility index (Phi) is 6.08. The van der Waals surface area contributed by atoms with E-state index in [9.17, 15) is 4.79 Å². The highest BCUT2D eigenvalue weighted by molar-refractivity contribution is 5.98. The van der Waals surface area contributed by atoms with Gasteiger partial charge in [-0.05, 0) is 24.0 Å². The molecule has 2 aliphatic heterocycles. The van der Waals surface area contributed by atoms with Crippen molar-refractivity contribution in [2.75, 3.05) is 36.5 Å². The van der Waals surface area contributed by atoms with Crippen LogP contribution >= 0.6 is 0 Å². The van der Waals surface area contributed by atoms with Gasteiger partial charge in [-0.1, -0.05) is 73.5 Å². The maximum Gasteiger partial charge on any atom is 0.273 e. The second-order valence-electron chi connectivity index (χ2n) is 9.57. The maximum absolute atomic E-state index is 13.6. The van der Waals surface area contributed by atoms with Crippen molar-refractivity contribution in [2.24, 2.45) is 0 Å². The molecule has 0 atom stereocenters. The number of ether oxygens (including phenoxy) is 1. The molecule has 7 heteroatoms. The highest BCUT2D eigenvalue weighted by Gasteiger charge is 2.38. The van der Waals surface area contributed by atoms with Gasteiger partial charge in [0.05, 0.1) is 25.8 Å². The third-order valence-electron chi connectivity index (χ3n) is 7.39. The van der Waals surface area contributed by atoms with E-state index in [-0.39, 0.29) is 11.9 Å². The molecule has 3 aliphatic rings. The molecule has 1 N–H and O–H groups in total. The number of rotatable bonds is 6. The lowest BCUT2D eigenvalue weighted by molar-refractivity contribution is 0.0703. The van der Waals surface area contributed by atoms with E-state index in [2.05, 4.69) is 58.7 Å². The molecule has 2 aromatic carbocycles. The zero-order valence-electron chi connectivity index (χ0n) is 19.9. The third-order valence-corrected chi connectivity index (χ3v) is 7.39. The molecule has 0 spiro atoms. The molecular formula is C28H31N5O2. The summed E-state index contributed by atoms with van der Waals surface area (Å²) in [7, 11) is 0. The van der Waals surface area contributed by atoms with Crippen molar-refractivity contribution in [2.45, 2.75) is 44.3 Å². The summed E-state index contributed by atoms with van der Waals surface area (Å²) in [6, 6.07) is 21.0. The highest BCUT2D eigenvalue weighted by atomic mass is 16.5. The normalized spacial score (nSPS) is 18.4. The molecular weight excluding hydrogens is 438 g/mol. The first kappa shape index (κ1) is 22.0. The Hall–Kier alpha value is -3.45. The first-order valence-corrected chi connectivity index (χ1v) is 12.7. The number of carbonyl (C=O) groups excluding carboxylic acids is 1. The van der Waals surface area contributed by atoms with Gasteiger partial charge in [0.2, 0.25) is 5.95 Å². The number of fused-ring (bicyclic) bond motifs is 1. The van der Waals surface area contributed by atoms with Gasteiger partial charge in [0.15, 0.2) is 0 Å². The number of amides is 1. The van der Waals surface area contributed by atoms with Crippen LogP contribution < -0.4 is 10.2 Å². The van der Waals surface area contributed by atoms with E-state index < -0.39 is 0 Å². The number of hydrogen-bond donors (Lipinski definition) is 1. The first-order chi connectivity index (χ1) is 17.3. The zero-order valence-corrected chi connectivity index (χ0v) is 19.9. The van der Waals surface area contributed by atoms with E-state index in [4.69, 9.17) is 14.7 Å². The Morgan fingerprint density at radius 3 is 2.14 bits per heavy atom. The van der Waals surface area contributed by atoms with Gasteiger partial charge in [-0.3, -0.25) is 4.79 Å². The fourth-order valence-electron chi connectivity index (χ4n) is 5.50. The second-order valence-corrected chi connectivity index (χ2v) is 9.57. The predicted molar refractivity (Wildman–Crippen MR) is 136 cm³/mol. The van der Waals surface area contributed by atoms with E-state index in [0.717, 1.165) is 48.4 Å².